The summed E-state index contributed by atoms with van der Waals surface area (Å²) in [5, 5.41) is 14.1. The molecule has 2 unspecified atom stereocenters. The van der Waals surface area contributed by atoms with E-state index in [0.717, 1.165) is 36.0 Å². The SMILES string of the molecule is CCNC(C)c1nnc(CC2CCCCO2)s1. The van der Waals surface area contributed by atoms with Crippen LogP contribution >= 0.6 is 11.3 Å². The van der Waals surface area contributed by atoms with Gasteiger partial charge in [-0.15, -0.1) is 10.2 Å². The zero-order valence-corrected chi connectivity index (χ0v) is 11.4. The highest BCUT2D eigenvalue weighted by Gasteiger charge is 2.18. The molecule has 1 aromatic rings. The molecule has 1 saturated heterocycles. The number of hydrogen-bond acceptors (Lipinski definition) is 5. The van der Waals surface area contributed by atoms with Gasteiger partial charge in [-0.25, -0.2) is 0 Å². The van der Waals surface area contributed by atoms with Crippen molar-refractivity contribution in [2.24, 2.45) is 0 Å². The van der Waals surface area contributed by atoms with Crippen molar-refractivity contribution < 1.29 is 4.74 Å². The average molecular weight is 255 g/mol. The van der Waals surface area contributed by atoms with E-state index in [-0.39, 0.29) is 0 Å². The lowest BCUT2D eigenvalue weighted by Gasteiger charge is -2.21. The Morgan fingerprint density at radius 1 is 1.47 bits per heavy atom. The maximum atomic E-state index is 5.72. The molecule has 0 amide bonds. The van der Waals surface area contributed by atoms with Crippen molar-refractivity contribution in [3.05, 3.63) is 10.0 Å². The first-order valence-corrected chi connectivity index (χ1v) is 7.28. The second-order valence-corrected chi connectivity index (χ2v) is 5.60. The fourth-order valence-electron chi connectivity index (χ4n) is 2.08. The Balaban J connectivity index is 1.88. The molecular weight excluding hydrogens is 234 g/mol. The van der Waals surface area contributed by atoms with Crippen LogP contribution in [0.5, 0.6) is 0 Å². The van der Waals surface area contributed by atoms with Crippen LogP contribution < -0.4 is 5.32 Å². The molecule has 4 nitrogen and oxygen atoms in total. The van der Waals surface area contributed by atoms with Crippen LogP contribution in [0.1, 0.15) is 49.2 Å². The molecule has 1 aromatic heterocycles. The summed E-state index contributed by atoms with van der Waals surface area (Å²) < 4.78 is 5.72. The molecule has 0 radical (unpaired) electrons. The lowest BCUT2D eigenvalue weighted by molar-refractivity contribution is 0.0167. The maximum Gasteiger partial charge on any atom is 0.134 e. The van der Waals surface area contributed by atoms with Gasteiger partial charge >= 0.3 is 0 Å². The third kappa shape index (κ3) is 3.72. The van der Waals surface area contributed by atoms with Gasteiger partial charge in [0.2, 0.25) is 0 Å². The molecule has 2 rings (SSSR count). The van der Waals surface area contributed by atoms with Gasteiger partial charge in [0.25, 0.3) is 0 Å². The van der Waals surface area contributed by atoms with Crippen molar-refractivity contribution >= 4 is 11.3 Å². The molecule has 1 fully saturated rings. The van der Waals surface area contributed by atoms with Crippen LogP contribution in [0.4, 0.5) is 0 Å². The van der Waals surface area contributed by atoms with E-state index in [1.165, 1.54) is 12.8 Å². The molecule has 0 spiro atoms. The molecule has 0 aliphatic carbocycles. The van der Waals surface area contributed by atoms with Gasteiger partial charge in [0.1, 0.15) is 10.0 Å². The standard InChI is InChI=1S/C12H21N3OS/c1-3-13-9(2)12-15-14-11(17-12)8-10-6-4-5-7-16-10/h9-10,13H,3-8H2,1-2H3. The minimum atomic E-state index is 0.304. The van der Waals surface area contributed by atoms with Crippen molar-refractivity contribution in [1.82, 2.24) is 15.5 Å². The van der Waals surface area contributed by atoms with E-state index in [9.17, 15) is 0 Å². The van der Waals surface area contributed by atoms with Gasteiger partial charge in [-0.3, -0.25) is 0 Å². The first-order chi connectivity index (χ1) is 8.29. The number of nitrogens with zero attached hydrogens (tertiary/aromatic N) is 2. The van der Waals surface area contributed by atoms with E-state index < -0.39 is 0 Å². The van der Waals surface area contributed by atoms with Gasteiger partial charge in [-0.05, 0) is 32.7 Å². The van der Waals surface area contributed by atoms with Gasteiger partial charge in [0, 0.05) is 13.0 Å². The van der Waals surface area contributed by atoms with Crippen molar-refractivity contribution in [2.75, 3.05) is 13.2 Å². The van der Waals surface area contributed by atoms with Crippen LogP contribution in [0, 0.1) is 0 Å². The summed E-state index contributed by atoms with van der Waals surface area (Å²) in [7, 11) is 0. The van der Waals surface area contributed by atoms with Crippen LogP contribution in [0.25, 0.3) is 0 Å². The summed E-state index contributed by atoms with van der Waals surface area (Å²) in [6, 6.07) is 0.304. The van der Waals surface area contributed by atoms with E-state index in [1.807, 2.05) is 0 Å². The second-order valence-electron chi connectivity index (χ2n) is 4.51. The van der Waals surface area contributed by atoms with Crippen LogP contribution in [-0.2, 0) is 11.2 Å². The summed E-state index contributed by atoms with van der Waals surface area (Å²) in [5.74, 6) is 0. The fourth-order valence-corrected chi connectivity index (χ4v) is 3.01. The van der Waals surface area contributed by atoms with Crippen LogP contribution in [0.3, 0.4) is 0 Å². The monoisotopic (exact) mass is 255 g/mol. The molecule has 0 saturated carbocycles. The molecule has 2 atom stereocenters. The highest BCUT2D eigenvalue weighted by Crippen LogP contribution is 2.22. The Bertz CT molecular complexity index is 336. The van der Waals surface area contributed by atoms with Gasteiger partial charge in [0.15, 0.2) is 0 Å². The number of ether oxygens (including phenoxy) is 1. The van der Waals surface area contributed by atoms with Crippen molar-refractivity contribution in [3.8, 4) is 0 Å². The van der Waals surface area contributed by atoms with E-state index in [4.69, 9.17) is 4.74 Å². The lowest BCUT2D eigenvalue weighted by Crippen LogP contribution is -2.21. The van der Waals surface area contributed by atoms with E-state index in [1.54, 1.807) is 11.3 Å². The summed E-state index contributed by atoms with van der Waals surface area (Å²) in [6.07, 6.45) is 4.94. The van der Waals surface area contributed by atoms with Crippen LogP contribution in [0.15, 0.2) is 0 Å². The molecule has 0 aromatic carbocycles. The van der Waals surface area contributed by atoms with E-state index in [0.29, 0.717) is 12.1 Å². The predicted molar refractivity (Wildman–Crippen MR) is 69.3 cm³/mol. The molecule has 96 valence electrons. The Labute approximate surface area is 107 Å². The lowest BCUT2D eigenvalue weighted by atomic mass is 10.1. The largest absolute Gasteiger partial charge is 0.378 e. The quantitative estimate of drug-likeness (QED) is 0.877. The molecule has 0 bridgehead atoms. The molecule has 5 heteroatoms. The van der Waals surface area contributed by atoms with Crippen molar-refractivity contribution in [2.45, 2.75) is 51.7 Å². The third-order valence-corrected chi connectivity index (χ3v) is 4.17. The maximum absolute atomic E-state index is 5.72. The summed E-state index contributed by atoms with van der Waals surface area (Å²) >= 11 is 1.71. The van der Waals surface area contributed by atoms with Crippen LogP contribution in [-0.4, -0.2) is 29.5 Å². The second kappa shape index (κ2) is 6.42. The third-order valence-electron chi connectivity index (χ3n) is 3.04. The molecule has 1 aliphatic heterocycles. The average Bonchev–Trinajstić information content (AvgIpc) is 2.79. The topological polar surface area (TPSA) is 47.0 Å². The fraction of sp³-hybridized carbons (Fsp3) is 0.833. The highest BCUT2D eigenvalue weighted by molar-refractivity contribution is 7.11. The number of hydrogen-bond donors (Lipinski definition) is 1. The predicted octanol–water partition coefficient (Wildman–Crippen LogP) is 2.32. The number of aromatic nitrogens is 2. The van der Waals surface area contributed by atoms with Gasteiger partial charge in [-0.1, -0.05) is 18.3 Å². The van der Waals surface area contributed by atoms with Crippen molar-refractivity contribution in [3.63, 3.8) is 0 Å². The minimum absolute atomic E-state index is 0.304. The molecule has 1 aliphatic rings. The number of rotatable bonds is 5. The molecule has 17 heavy (non-hydrogen) atoms. The highest BCUT2D eigenvalue weighted by atomic mass is 32.1. The smallest absolute Gasteiger partial charge is 0.134 e. The first kappa shape index (κ1) is 12.9. The first-order valence-electron chi connectivity index (χ1n) is 6.47. The van der Waals surface area contributed by atoms with E-state index in [2.05, 4.69) is 29.4 Å². The summed E-state index contributed by atoms with van der Waals surface area (Å²) in [5.41, 5.74) is 0. The normalized spacial score (nSPS) is 22.6. The molecule has 2 heterocycles. The Hall–Kier alpha value is -0.520. The Morgan fingerprint density at radius 3 is 3.06 bits per heavy atom. The van der Waals surface area contributed by atoms with Gasteiger partial charge in [-0.2, -0.15) is 0 Å². The van der Waals surface area contributed by atoms with E-state index >= 15 is 0 Å². The molecular formula is C12H21N3OS. The van der Waals surface area contributed by atoms with Gasteiger partial charge in [0.05, 0.1) is 12.1 Å². The summed E-state index contributed by atoms with van der Waals surface area (Å²) in [6.45, 7) is 6.10. The van der Waals surface area contributed by atoms with Crippen molar-refractivity contribution in [1.29, 1.82) is 0 Å². The summed E-state index contributed by atoms with van der Waals surface area (Å²) in [4.78, 5) is 0. The van der Waals surface area contributed by atoms with Gasteiger partial charge < -0.3 is 10.1 Å². The zero-order chi connectivity index (χ0) is 12.1. The Morgan fingerprint density at radius 2 is 2.35 bits per heavy atom. The number of nitrogens with one attached hydrogen (secondary N) is 1. The minimum Gasteiger partial charge on any atom is -0.378 e. The zero-order valence-electron chi connectivity index (χ0n) is 10.6. The van der Waals surface area contributed by atoms with Crippen LogP contribution in [0.2, 0.25) is 0 Å². The molecule has 1 N–H and O–H groups in total. The Kier molecular flexibility index (Phi) is 4.88.